The molecule has 1 atom stereocenters. The zero-order valence-corrected chi connectivity index (χ0v) is 18.0. The highest BCUT2D eigenvalue weighted by atomic mass is 35.5. The van der Waals surface area contributed by atoms with Gasteiger partial charge in [-0.3, -0.25) is 4.79 Å². The molecule has 1 amide bonds. The van der Waals surface area contributed by atoms with Crippen molar-refractivity contribution in [2.75, 3.05) is 0 Å². The van der Waals surface area contributed by atoms with E-state index in [0.29, 0.717) is 22.4 Å². The molecular weight excluding hydrogens is 388 g/mol. The van der Waals surface area contributed by atoms with E-state index in [2.05, 4.69) is 10.3 Å². The lowest BCUT2D eigenvalue weighted by Crippen LogP contribution is -2.23. The van der Waals surface area contributed by atoms with Crippen LogP contribution in [0.4, 0.5) is 0 Å². The summed E-state index contributed by atoms with van der Waals surface area (Å²) in [6.07, 6.45) is 0.0673. The number of nitrogens with zero attached hydrogens (tertiary/aromatic N) is 1. The van der Waals surface area contributed by atoms with Crippen molar-refractivity contribution in [1.29, 1.82) is 0 Å². The molecule has 3 aromatic rings. The molecule has 6 heteroatoms. The lowest BCUT2D eigenvalue weighted by Gasteiger charge is -2.15. The van der Waals surface area contributed by atoms with Crippen molar-refractivity contribution in [3.8, 4) is 17.4 Å². The second-order valence-electron chi connectivity index (χ2n) is 7.34. The van der Waals surface area contributed by atoms with Crippen LogP contribution >= 0.6 is 11.6 Å². The molecule has 1 unspecified atom stereocenters. The van der Waals surface area contributed by atoms with Gasteiger partial charge in [0, 0.05) is 24.4 Å². The van der Waals surface area contributed by atoms with Gasteiger partial charge in [-0.1, -0.05) is 17.7 Å². The number of hydrogen-bond donors (Lipinski definition) is 1. The zero-order valence-electron chi connectivity index (χ0n) is 17.2. The average molecular weight is 413 g/mol. The Balaban J connectivity index is 1.85. The van der Waals surface area contributed by atoms with Crippen molar-refractivity contribution in [2.45, 2.75) is 46.8 Å². The molecule has 0 aliphatic heterocycles. The molecule has 0 aliphatic rings. The smallest absolute Gasteiger partial charge is 0.219 e. The normalized spacial score (nSPS) is 12.1. The Morgan fingerprint density at radius 1 is 1.10 bits per heavy atom. The van der Waals surface area contributed by atoms with Gasteiger partial charge < -0.3 is 14.8 Å². The largest absolute Gasteiger partial charge is 0.491 e. The molecule has 0 saturated carbocycles. The van der Waals surface area contributed by atoms with Gasteiger partial charge in [0.05, 0.1) is 22.7 Å². The molecule has 0 spiro atoms. The minimum atomic E-state index is -0.0687. The number of benzene rings is 2. The number of aryl methyl sites for hydroxylation is 1. The molecule has 0 fully saturated rings. The number of pyridine rings is 1. The van der Waals surface area contributed by atoms with Crippen molar-refractivity contribution in [1.82, 2.24) is 10.3 Å². The summed E-state index contributed by atoms with van der Waals surface area (Å²) in [5.74, 6) is 1.67. The van der Waals surface area contributed by atoms with E-state index in [1.165, 1.54) is 6.92 Å². The topological polar surface area (TPSA) is 60.5 Å². The van der Waals surface area contributed by atoms with Gasteiger partial charge in [0.2, 0.25) is 11.8 Å². The number of amides is 1. The Bertz CT molecular complexity index is 1030. The molecule has 29 heavy (non-hydrogen) atoms. The van der Waals surface area contributed by atoms with Crippen LogP contribution in [-0.2, 0) is 4.79 Å². The van der Waals surface area contributed by atoms with Gasteiger partial charge in [0.25, 0.3) is 0 Å². The second-order valence-corrected chi connectivity index (χ2v) is 7.75. The SMILES string of the molecule is CC(=O)NC(C)c1ccc2nc(Oc3c(C)cc(OC(C)C)cc3Cl)ccc2c1. The minimum absolute atomic E-state index is 0.0588. The number of rotatable bonds is 6. The van der Waals surface area contributed by atoms with E-state index < -0.39 is 0 Å². The average Bonchev–Trinajstić information content (AvgIpc) is 2.63. The third-order valence-electron chi connectivity index (χ3n) is 4.39. The van der Waals surface area contributed by atoms with E-state index in [0.717, 1.165) is 22.0 Å². The highest BCUT2D eigenvalue weighted by molar-refractivity contribution is 6.32. The van der Waals surface area contributed by atoms with Crippen molar-refractivity contribution in [3.63, 3.8) is 0 Å². The van der Waals surface area contributed by atoms with Gasteiger partial charge in [-0.2, -0.15) is 0 Å². The Labute approximate surface area is 176 Å². The first-order valence-corrected chi connectivity index (χ1v) is 9.93. The zero-order chi connectivity index (χ0) is 21.1. The molecule has 0 aliphatic carbocycles. The summed E-state index contributed by atoms with van der Waals surface area (Å²) < 4.78 is 11.7. The van der Waals surface area contributed by atoms with Crippen LogP contribution in [-0.4, -0.2) is 17.0 Å². The fraction of sp³-hybridized carbons (Fsp3) is 0.304. The minimum Gasteiger partial charge on any atom is -0.491 e. The first-order valence-electron chi connectivity index (χ1n) is 9.55. The Morgan fingerprint density at radius 3 is 2.52 bits per heavy atom. The molecule has 1 N–H and O–H groups in total. The standard InChI is InChI=1S/C23H25ClN2O3/c1-13(2)28-19-10-14(3)23(20(24)12-19)29-22-9-7-18-11-17(6-8-21(18)26-22)15(4)25-16(5)27/h6-13,15H,1-5H3,(H,25,27). The summed E-state index contributed by atoms with van der Waals surface area (Å²) in [5, 5.41) is 4.33. The van der Waals surface area contributed by atoms with E-state index in [4.69, 9.17) is 21.1 Å². The van der Waals surface area contributed by atoms with Crippen molar-refractivity contribution >= 4 is 28.4 Å². The summed E-state index contributed by atoms with van der Waals surface area (Å²) in [6.45, 7) is 9.32. The van der Waals surface area contributed by atoms with E-state index in [1.807, 2.05) is 64.1 Å². The number of aromatic nitrogens is 1. The number of carbonyl (C=O) groups is 1. The van der Waals surface area contributed by atoms with Gasteiger partial charge in [-0.25, -0.2) is 4.98 Å². The number of fused-ring (bicyclic) bond motifs is 1. The monoisotopic (exact) mass is 412 g/mol. The van der Waals surface area contributed by atoms with Crippen LogP contribution in [0, 0.1) is 6.92 Å². The molecule has 1 heterocycles. The van der Waals surface area contributed by atoms with Gasteiger partial charge in [-0.05, 0) is 63.1 Å². The van der Waals surface area contributed by atoms with Crippen molar-refractivity contribution < 1.29 is 14.3 Å². The molecule has 1 aromatic heterocycles. The molecule has 0 radical (unpaired) electrons. The number of carbonyl (C=O) groups excluding carboxylic acids is 1. The molecule has 2 aromatic carbocycles. The van der Waals surface area contributed by atoms with E-state index in [-0.39, 0.29) is 18.1 Å². The number of hydrogen-bond acceptors (Lipinski definition) is 4. The number of nitrogens with one attached hydrogen (secondary N) is 1. The highest BCUT2D eigenvalue weighted by Crippen LogP contribution is 2.36. The Morgan fingerprint density at radius 2 is 1.86 bits per heavy atom. The Kier molecular flexibility index (Phi) is 6.28. The maximum atomic E-state index is 11.3. The van der Waals surface area contributed by atoms with Gasteiger partial charge in [-0.15, -0.1) is 0 Å². The lowest BCUT2D eigenvalue weighted by molar-refractivity contribution is -0.119. The van der Waals surface area contributed by atoms with Crippen LogP contribution in [0.1, 0.15) is 44.9 Å². The Hall–Kier alpha value is -2.79. The van der Waals surface area contributed by atoms with E-state index >= 15 is 0 Å². The maximum Gasteiger partial charge on any atom is 0.219 e. The lowest BCUT2D eigenvalue weighted by atomic mass is 10.1. The summed E-state index contributed by atoms with van der Waals surface area (Å²) in [6, 6.07) is 13.2. The van der Waals surface area contributed by atoms with E-state index in [1.54, 1.807) is 6.07 Å². The van der Waals surface area contributed by atoms with Crippen molar-refractivity contribution in [2.24, 2.45) is 0 Å². The third kappa shape index (κ3) is 5.18. The predicted octanol–water partition coefficient (Wildman–Crippen LogP) is 5.97. The van der Waals surface area contributed by atoms with Crippen LogP contribution in [0.5, 0.6) is 17.4 Å². The van der Waals surface area contributed by atoms with Crippen LogP contribution < -0.4 is 14.8 Å². The van der Waals surface area contributed by atoms with Crippen molar-refractivity contribution in [3.05, 3.63) is 58.6 Å². The highest BCUT2D eigenvalue weighted by Gasteiger charge is 2.13. The number of ether oxygens (including phenoxy) is 2. The fourth-order valence-electron chi connectivity index (χ4n) is 3.11. The maximum absolute atomic E-state index is 11.3. The third-order valence-corrected chi connectivity index (χ3v) is 4.67. The quantitative estimate of drug-likeness (QED) is 0.541. The first kappa shape index (κ1) is 20.9. The molecule has 3 rings (SSSR count). The van der Waals surface area contributed by atoms with Crippen LogP contribution in [0.25, 0.3) is 10.9 Å². The van der Waals surface area contributed by atoms with Gasteiger partial charge in [0.1, 0.15) is 5.75 Å². The van der Waals surface area contributed by atoms with Crippen LogP contribution in [0.3, 0.4) is 0 Å². The van der Waals surface area contributed by atoms with Gasteiger partial charge >= 0.3 is 0 Å². The molecule has 0 bridgehead atoms. The molecule has 152 valence electrons. The number of halogens is 1. The van der Waals surface area contributed by atoms with E-state index in [9.17, 15) is 4.79 Å². The fourth-order valence-corrected chi connectivity index (χ4v) is 3.41. The first-order chi connectivity index (χ1) is 13.7. The molecular formula is C23H25ClN2O3. The van der Waals surface area contributed by atoms with Gasteiger partial charge in [0.15, 0.2) is 5.75 Å². The second kappa shape index (κ2) is 8.70. The summed E-state index contributed by atoms with van der Waals surface area (Å²) in [4.78, 5) is 15.9. The summed E-state index contributed by atoms with van der Waals surface area (Å²) >= 11 is 6.42. The van der Waals surface area contributed by atoms with Crippen LogP contribution in [0.2, 0.25) is 5.02 Å². The summed E-state index contributed by atoms with van der Waals surface area (Å²) in [7, 11) is 0. The molecule has 0 saturated heterocycles. The molecule has 5 nitrogen and oxygen atoms in total. The van der Waals surface area contributed by atoms with Crippen LogP contribution in [0.15, 0.2) is 42.5 Å². The summed E-state index contributed by atoms with van der Waals surface area (Å²) in [5.41, 5.74) is 2.69. The predicted molar refractivity (Wildman–Crippen MR) is 116 cm³/mol.